The van der Waals surface area contributed by atoms with Gasteiger partial charge in [-0.2, -0.15) is 0 Å². The summed E-state index contributed by atoms with van der Waals surface area (Å²) in [6, 6.07) is -0.375. The molecule has 0 saturated carbocycles. The van der Waals surface area contributed by atoms with Gasteiger partial charge in [0.25, 0.3) is 0 Å². The molecule has 4 N–H and O–H groups in total. The molecule has 1 rings (SSSR count). The van der Waals surface area contributed by atoms with Gasteiger partial charge in [-0.25, -0.2) is 4.79 Å². The van der Waals surface area contributed by atoms with Crippen molar-refractivity contribution < 1.29 is 19.8 Å². The SMILES string of the molecule is CC(CN1CCCC1)NC(=O)NCC(C)(O)CC(=O)O. The third kappa shape index (κ3) is 6.72. The van der Waals surface area contributed by atoms with Crippen molar-refractivity contribution in [3.8, 4) is 0 Å². The third-order valence-electron chi connectivity index (χ3n) is 3.27. The maximum Gasteiger partial charge on any atom is 0.315 e. The van der Waals surface area contributed by atoms with Crippen LogP contribution in [0, 0.1) is 0 Å². The van der Waals surface area contributed by atoms with E-state index in [0.717, 1.165) is 19.6 Å². The molecule has 0 aromatic carbocycles. The number of rotatable bonds is 7. The number of hydrogen-bond acceptors (Lipinski definition) is 4. The monoisotopic (exact) mass is 287 g/mol. The number of carbonyl (C=O) groups is 2. The molecule has 7 heteroatoms. The third-order valence-corrected chi connectivity index (χ3v) is 3.27. The van der Waals surface area contributed by atoms with E-state index >= 15 is 0 Å². The highest BCUT2D eigenvalue weighted by atomic mass is 16.4. The minimum atomic E-state index is -1.44. The number of carboxylic acid groups (broad SMARTS) is 1. The molecule has 2 unspecified atom stereocenters. The molecule has 0 radical (unpaired) electrons. The minimum Gasteiger partial charge on any atom is -0.481 e. The number of nitrogens with one attached hydrogen (secondary N) is 2. The van der Waals surface area contributed by atoms with Gasteiger partial charge in [-0.15, -0.1) is 0 Å². The molecule has 1 fully saturated rings. The van der Waals surface area contributed by atoms with E-state index in [4.69, 9.17) is 5.11 Å². The lowest BCUT2D eigenvalue weighted by atomic mass is 10.0. The normalized spacial score (nSPS) is 20.1. The molecule has 2 atom stereocenters. The van der Waals surface area contributed by atoms with E-state index in [-0.39, 0.29) is 18.6 Å². The molecular formula is C13H25N3O4. The molecule has 20 heavy (non-hydrogen) atoms. The predicted molar refractivity (Wildman–Crippen MR) is 74.5 cm³/mol. The number of likely N-dealkylation sites (tertiary alicyclic amines) is 1. The Bertz CT molecular complexity index is 341. The van der Waals surface area contributed by atoms with Gasteiger partial charge in [0.15, 0.2) is 0 Å². The van der Waals surface area contributed by atoms with Crippen molar-refractivity contribution >= 4 is 12.0 Å². The van der Waals surface area contributed by atoms with Crippen LogP contribution in [0.3, 0.4) is 0 Å². The number of carbonyl (C=O) groups excluding carboxylic acids is 1. The molecule has 0 spiro atoms. The summed E-state index contributed by atoms with van der Waals surface area (Å²) in [6.07, 6.45) is 2.00. The number of amides is 2. The van der Waals surface area contributed by atoms with Gasteiger partial charge >= 0.3 is 12.0 Å². The molecule has 116 valence electrons. The van der Waals surface area contributed by atoms with Crippen LogP contribution in [0.15, 0.2) is 0 Å². The fourth-order valence-corrected chi connectivity index (χ4v) is 2.33. The zero-order chi connectivity index (χ0) is 15.2. The first-order valence-electron chi connectivity index (χ1n) is 6.99. The Morgan fingerprint density at radius 1 is 1.35 bits per heavy atom. The largest absolute Gasteiger partial charge is 0.481 e. The molecule has 1 aliphatic heterocycles. The van der Waals surface area contributed by atoms with E-state index in [1.54, 1.807) is 0 Å². The van der Waals surface area contributed by atoms with Crippen LogP contribution in [0.5, 0.6) is 0 Å². The molecule has 0 aromatic rings. The second kappa shape index (κ2) is 7.44. The lowest BCUT2D eigenvalue weighted by molar-refractivity contribution is -0.141. The Balaban J connectivity index is 2.23. The minimum absolute atomic E-state index is 0.0116. The molecule has 0 aliphatic carbocycles. The average Bonchev–Trinajstić information content (AvgIpc) is 2.77. The number of aliphatic carboxylic acids is 1. The summed E-state index contributed by atoms with van der Waals surface area (Å²) < 4.78 is 0. The van der Waals surface area contributed by atoms with Crippen LogP contribution in [0.2, 0.25) is 0 Å². The highest BCUT2D eigenvalue weighted by molar-refractivity contribution is 5.74. The lowest BCUT2D eigenvalue weighted by Crippen LogP contribution is -2.49. The summed E-state index contributed by atoms with van der Waals surface area (Å²) in [5, 5.41) is 23.7. The Morgan fingerprint density at radius 2 is 1.95 bits per heavy atom. The van der Waals surface area contributed by atoms with Gasteiger partial charge in [-0.05, 0) is 39.8 Å². The summed E-state index contributed by atoms with van der Waals surface area (Å²) in [7, 11) is 0. The Kier molecular flexibility index (Phi) is 6.22. The van der Waals surface area contributed by atoms with Gasteiger partial charge in [0.1, 0.15) is 0 Å². The number of urea groups is 1. The maximum atomic E-state index is 11.7. The second-order valence-corrected chi connectivity index (χ2v) is 5.80. The zero-order valence-electron chi connectivity index (χ0n) is 12.2. The van der Waals surface area contributed by atoms with Gasteiger partial charge in [-0.3, -0.25) is 4.79 Å². The van der Waals surface area contributed by atoms with Gasteiger partial charge in [0, 0.05) is 19.1 Å². The first-order chi connectivity index (χ1) is 9.28. The first-order valence-corrected chi connectivity index (χ1v) is 6.99. The highest BCUT2D eigenvalue weighted by Crippen LogP contribution is 2.08. The van der Waals surface area contributed by atoms with E-state index in [1.807, 2.05) is 6.92 Å². The second-order valence-electron chi connectivity index (χ2n) is 5.80. The van der Waals surface area contributed by atoms with Crippen LogP contribution >= 0.6 is 0 Å². The number of carboxylic acids is 1. The van der Waals surface area contributed by atoms with Crippen LogP contribution in [-0.4, -0.2) is 64.9 Å². The van der Waals surface area contributed by atoms with E-state index < -0.39 is 18.0 Å². The Hall–Kier alpha value is -1.34. The predicted octanol–water partition coefficient (Wildman–Crippen LogP) is -0.00440. The molecule has 7 nitrogen and oxygen atoms in total. The van der Waals surface area contributed by atoms with E-state index in [2.05, 4.69) is 15.5 Å². The van der Waals surface area contributed by atoms with Crippen molar-refractivity contribution in [3.63, 3.8) is 0 Å². The molecule has 2 amide bonds. The molecule has 1 saturated heterocycles. The lowest BCUT2D eigenvalue weighted by Gasteiger charge is -2.24. The summed E-state index contributed by atoms with van der Waals surface area (Å²) >= 11 is 0. The molecule has 1 heterocycles. The first kappa shape index (κ1) is 16.7. The molecule has 0 aromatic heterocycles. The van der Waals surface area contributed by atoms with Crippen molar-refractivity contribution in [2.24, 2.45) is 0 Å². The van der Waals surface area contributed by atoms with Crippen molar-refractivity contribution in [1.29, 1.82) is 0 Å². The van der Waals surface area contributed by atoms with Crippen LogP contribution in [-0.2, 0) is 4.79 Å². The summed E-state index contributed by atoms with van der Waals surface area (Å²) in [4.78, 5) is 24.5. The smallest absolute Gasteiger partial charge is 0.315 e. The number of nitrogens with zero attached hydrogens (tertiary/aromatic N) is 1. The fourth-order valence-electron chi connectivity index (χ4n) is 2.33. The summed E-state index contributed by atoms with van der Waals surface area (Å²) in [6.45, 7) is 6.16. The van der Waals surface area contributed by atoms with Gasteiger partial charge in [-0.1, -0.05) is 0 Å². The van der Waals surface area contributed by atoms with E-state index in [0.29, 0.717) is 0 Å². The molecule has 1 aliphatic rings. The maximum absolute atomic E-state index is 11.7. The van der Waals surface area contributed by atoms with E-state index in [1.165, 1.54) is 19.8 Å². The Labute approximate surface area is 119 Å². The van der Waals surface area contributed by atoms with Crippen LogP contribution in [0.25, 0.3) is 0 Å². The van der Waals surface area contributed by atoms with Crippen LogP contribution in [0.1, 0.15) is 33.1 Å². The van der Waals surface area contributed by atoms with Crippen LogP contribution < -0.4 is 10.6 Å². The standard InChI is InChI=1S/C13H25N3O4/c1-10(8-16-5-3-4-6-16)15-12(19)14-9-13(2,20)7-11(17)18/h10,20H,3-9H2,1-2H3,(H,17,18)(H2,14,15,19). The van der Waals surface area contributed by atoms with Crippen molar-refractivity contribution in [3.05, 3.63) is 0 Å². The summed E-state index contributed by atoms with van der Waals surface area (Å²) in [5.74, 6) is -1.10. The van der Waals surface area contributed by atoms with Gasteiger partial charge < -0.3 is 25.7 Å². The van der Waals surface area contributed by atoms with Crippen molar-refractivity contribution in [1.82, 2.24) is 15.5 Å². The topological polar surface area (TPSA) is 102 Å². The van der Waals surface area contributed by atoms with E-state index in [9.17, 15) is 14.7 Å². The highest BCUT2D eigenvalue weighted by Gasteiger charge is 2.25. The van der Waals surface area contributed by atoms with Crippen molar-refractivity contribution in [2.75, 3.05) is 26.2 Å². The average molecular weight is 287 g/mol. The molecular weight excluding hydrogens is 262 g/mol. The van der Waals surface area contributed by atoms with Gasteiger partial charge in [0.05, 0.1) is 12.0 Å². The van der Waals surface area contributed by atoms with Crippen molar-refractivity contribution in [2.45, 2.75) is 44.8 Å². The number of aliphatic hydroxyl groups is 1. The quantitative estimate of drug-likeness (QED) is 0.528. The molecule has 0 bridgehead atoms. The fraction of sp³-hybridized carbons (Fsp3) is 0.846. The number of hydrogen-bond donors (Lipinski definition) is 4. The van der Waals surface area contributed by atoms with Crippen LogP contribution in [0.4, 0.5) is 4.79 Å². The zero-order valence-corrected chi connectivity index (χ0v) is 12.2. The van der Waals surface area contributed by atoms with Gasteiger partial charge in [0.2, 0.25) is 0 Å². The summed E-state index contributed by atoms with van der Waals surface area (Å²) in [5.41, 5.74) is -1.44. The Morgan fingerprint density at radius 3 is 2.50 bits per heavy atom.